The molecule has 252 valence electrons. The zero-order valence-corrected chi connectivity index (χ0v) is 27.7. The Morgan fingerprint density at radius 3 is 2.51 bits per heavy atom. The molecule has 1 atom stereocenters. The van der Waals surface area contributed by atoms with Crippen molar-refractivity contribution in [1.29, 1.82) is 5.26 Å². The third kappa shape index (κ3) is 7.88. The number of anilines is 1. The average molecular weight is 648 g/mol. The first-order valence-corrected chi connectivity index (χ1v) is 16.6. The maximum absolute atomic E-state index is 13.2. The number of rotatable bonds is 8. The van der Waals surface area contributed by atoms with Crippen molar-refractivity contribution in [2.45, 2.75) is 76.8 Å². The Morgan fingerprint density at radius 2 is 1.81 bits per heavy atom. The summed E-state index contributed by atoms with van der Waals surface area (Å²) in [6, 6.07) is 11.7. The fraction of sp³-hybridized carbons (Fsp3) is 0.618. The van der Waals surface area contributed by atoms with Crippen LogP contribution < -0.4 is 9.64 Å². The zero-order chi connectivity index (χ0) is 33.0. The molecule has 3 fully saturated rings. The number of benzene rings is 1. The molecule has 2 aromatic rings. The van der Waals surface area contributed by atoms with Crippen molar-refractivity contribution >= 4 is 18.0 Å². The lowest BCUT2D eigenvalue weighted by molar-refractivity contribution is -0.00346. The highest BCUT2D eigenvalue weighted by atomic mass is 16.6. The van der Waals surface area contributed by atoms with Gasteiger partial charge in [-0.25, -0.2) is 9.59 Å². The van der Waals surface area contributed by atoms with Gasteiger partial charge in [0.05, 0.1) is 49.5 Å². The summed E-state index contributed by atoms with van der Waals surface area (Å²) >= 11 is 0. The first-order valence-electron chi connectivity index (χ1n) is 16.6. The summed E-state index contributed by atoms with van der Waals surface area (Å²) in [4.78, 5) is 43.9. The summed E-state index contributed by atoms with van der Waals surface area (Å²) in [5, 5.41) is 9.69. The highest BCUT2D eigenvalue weighted by molar-refractivity contribution is 5.70. The van der Waals surface area contributed by atoms with E-state index in [1.165, 1.54) is 0 Å². The molecule has 0 radical (unpaired) electrons. The third-order valence-electron chi connectivity index (χ3n) is 9.20. The lowest BCUT2D eigenvalue weighted by Gasteiger charge is -2.41. The van der Waals surface area contributed by atoms with Gasteiger partial charge in [-0.1, -0.05) is 30.3 Å². The van der Waals surface area contributed by atoms with Gasteiger partial charge in [-0.05, 0) is 45.6 Å². The quantitative estimate of drug-likeness (QED) is 0.415. The summed E-state index contributed by atoms with van der Waals surface area (Å²) in [7, 11) is 0. The van der Waals surface area contributed by atoms with Gasteiger partial charge in [0.15, 0.2) is 0 Å². The predicted molar refractivity (Wildman–Crippen MR) is 172 cm³/mol. The van der Waals surface area contributed by atoms with E-state index in [1.807, 2.05) is 51.1 Å². The van der Waals surface area contributed by atoms with Crippen LogP contribution in [0.25, 0.3) is 0 Å². The Kier molecular flexibility index (Phi) is 9.70. The molecule has 0 unspecified atom stereocenters. The number of aromatic nitrogens is 2. The van der Waals surface area contributed by atoms with Crippen molar-refractivity contribution < 1.29 is 28.5 Å². The molecular formula is C34H45N7O6. The van der Waals surface area contributed by atoms with Crippen LogP contribution in [-0.2, 0) is 33.8 Å². The number of carbonyl (C=O) groups excluding carboxylic acids is 2. The van der Waals surface area contributed by atoms with Crippen LogP contribution >= 0.6 is 0 Å². The molecule has 0 spiro atoms. The SMILES string of the molecule is CC(C)(C)OC(=O)N1CCc2c(nc(OCC3(N4CCOCC4)CC3)nc2N2CCN(C(=O)OCc3ccccc3)[C@@H](CC#N)C2)C1. The highest BCUT2D eigenvalue weighted by Gasteiger charge is 2.49. The molecule has 3 aliphatic heterocycles. The first kappa shape index (κ1) is 32.8. The van der Waals surface area contributed by atoms with Gasteiger partial charge in [0.2, 0.25) is 0 Å². The monoisotopic (exact) mass is 647 g/mol. The van der Waals surface area contributed by atoms with E-state index in [0.29, 0.717) is 39.2 Å². The van der Waals surface area contributed by atoms with Crippen LogP contribution in [0.3, 0.4) is 0 Å². The predicted octanol–water partition coefficient (Wildman–Crippen LogP) is 3.75. The van der Waals surface area contributed by atoms with Gasteiger partial charge in [0, 0.05) is 44.8 Å². The van der Waals surface area contributed by atoms with E-state index in [0.717, 1.165) is 61.8 Å². The van der Waals surface area contributed by atoms with E-state index < -0.39 is 11.7 Å². The van der Waals surface area contributed by atoms with Gasteiger partial charge < -0.3 is 33.6 Å². The Balaban J connectivity index is 1.21. The normalized spacial score (nSPS) is 21.0. The Bertz CT molecular complexity index is 1470. The third-order valence-corrected chi connectivity index (χ3v) is 9.20. The largest absolute Gasteiger partial charge is 0.461 e. The van der Waals surface area contributed by atoms with Crippen molar-refractivity contribution in [3.05, 3.63) is 47.2 Å². The minimum atomic E-state index is -0.613. The fourth-order valence-corrected chi connectivity index (χ4v) is 6.50. The molecule has 1 aromatic carbocycles. The summed E-state index contributed by atoms with van der Waals surface area (Å²) in [5.74, 6) is 0.727. The second kappa shape index (κ2) is 13.9. The zero-order valence-electron chi connectivity index (χ0n) is 27.7. The van der Waals surface area contributed by atoms with Gasteiger partial charge in [-0.15, -0.1) is 0 Å². The number of carbonyl (C=O) groups is 2. The number of hydrogen-bond donors (Lipinski definition) is 0. The standard InChI is InChI=1S/C34H45N7O6/c1-33(2,3)47-31(42)39-14-10-27-28(22-39)36-30(46-24-34(11-12-34)40-17-19-44-20-18-40)37-29(27)38-15-16-41(26(21-38)9-13-35)32(43)45-23-25-7-5-4-6-8-25/h4-8,26H,9-12,14-24H2,1-3H3/t26-/m0/s1. The van der Waals surface area contributed by atoms with Gasteiger partial charge in [-0.2, -0.15) is 15.2 Å². The van der Waals surface area contributed by atoms with Crippen molar-refractivity contribution in [2.24, 2.45) is 0 Å². The van der Waals surface area contributed by atoms with Crippen molar-refractivity contribution in [3.63, 3.8) is 0 Å². The van der Waals surface area contributed by atoms with Gasteiger partial charge >= 0.3 is 18.2 Å². The number of piperazine rings is 1. The number of fused-ring (bicyclic) bond motifs is 1. The minimum absolute atomic E-state index is 0.0324. The van der Waals surface area contributed by atoms with E-state index in [2.05, 4.69) is 15.9 Å². The fourth-order valence-electron chi connectivity index (χ4n) is 6.50. The summed E-state index contributed by atoms with van der Waals surface area (Å²) < 4.78 is 23.2. The molecule has 4 heterocycles. The first-order chi connectivity index (χ1) is 22.6. The molecule has 0 N–H and O–H groups in total. The topological polar surface area (TPSA) is 134 Å². The molecule has 0 bridgehead atoms. The van der Waals surface area contributed by atoms with E-state index in [9.17, 15) is 14.9 Å². The molecule has 13 heteroatoms. The highest BCUT2D eigenvalue weighted by Crippen LogP contribution is 2.42. The number of nitriles is 1. The number of amides is 2. The van der Waals surface area contributed by atoms with Crippen LogP contribution in [0.2, 0.25) is 0 Å². The minimum Gasteiger partial charge on any atom is -0.461 e. The number of morpholine rings is 1. The second-order valence-electron chi connectivity index (χ2n) is 13.7. The van der Waals surface area contributed by atoms with Crippen LogP contribution in [-0.4, -0.2) is 113 Å². The number of hydrogen-bond acceptors (Lipinski definition) is 11. The molecule has 1 aromatic heterocycles. The van der Waals surface area contributed by atoms with Crippen molar-refractivity contribution in [3.8, 4) is 12.1 Å². The molecule has 1 aliphatic carbocycles. The van der Waals surface area contributed by atoms with Crippen molar-refractivity contribution in [2.75, 3.05) is 64.0 Å². The van der Waals surface area contributed by atoms with E-state index in [1.54, 1.807) is 9.80 Å². The molecule has 13 nitrogen and oxygen atoms in total. The molecule has 47 heavy (non-hydrogen) atoms. The van der Waals surface area contributed by atoms with Gasteiger partial charge in [-0.3, -0.25) is 4.90 Å². The summed E-state index contributed by atoms with van der Waals surface area (Å²) in [6.07, 6.45) is 1.98. The van der Waals surface area contributed by atoms with Crippen LogP contribution in [0.4, 0.5) is 15.4 Å². The van der Waals surface area contributed by atoms with Crippen LogP contribution in [0.1, 0.15) is 56.9 Å². The van der Waals surface area contributed by atoms with Crippen LogP contribution in [0.15, 0.2) is 30.3 Å². The van der Waals surface area contributed by atoms with Gasteiger partial charge in [0.1, 0.15) is 24.6 Å². The van der Waals surface area contributed by atoms with Crippen molar-refractivity contribution in [1.82, 2.24) is 24.7 Å². The smallest absolute Gasteiger partial charge is 0.410 e. The molecule has 6 rings (SSSR count). The van der Waals surface area contributed by atoms with Gasteiger partial charge in [0.25, 0.3) is 0 Å². The Hall–Kier alpha value is -4.15. The Labute approximate surface area is 276 Å². The average Bonchev–Trinajstić information content (AvgIpc) is 3.87. The number of ether oxygens (including phenoxy) is 4. The molecule has 1 saturated carbocycles. The summed E-state index contributed by atoms with van der Waals surface area (Å²) in [6.45, 7) is 11.4. The summed E-state index contributed by atoms with van der Waals surface area (Å²) in [5.41, 5.74) is 1.92. The molecule has 4 aliphatic rings. The second-order valence-corrected chi connectivity index (χ2v) is 13.7. The van der Waals surface area contributed by atoms with E-state index >= 15 is 0 Å². The molecule has 2 saturated heterocycles. The van der Waals surface area contributed by atoms with Crippen LogP contribution in [0.5, 0.6) is 6.01 Å². The number of nitrogens with zero attached hydrogens (tertiary/aromatic N) is 7. The van der Waals surface area contributed by atoms with E-state index in [4.69, 9.17) is 28.9 Å². The van der Waals surface area contributed by atoms with E-state index in [-0.39, 0.29) is 43.3 Å². The maximum Gasteiger partial charge on any atom is 0.410 e. The molecular weight excluding hydrogens is 602 g/mol. The van der Waals surface area contributed by atoms with Crippen LogP contribution in [0, 0.1) is 11.3 Å². The molecule has 2 amide bonds. The lowest BCUT2D eigenvalue weighted by atomic mass is 10.0. The maximum atomic E-state index is 13.2. The Morgan fingerprint density at radius 1 is 1.04 bits per heavy atom. The lowest BCUT2D eigenvalue weighted by Crippen LogP contribution is -2.56.